The molecule has 2 fully saturated rings. The molecule has 12 N–H and O–H groups in total. The first kappa shape index (κ1) is 31.4. The summed E-state index contributed by atoms with van der Waals surface area (Å²) in [4.78, 5) is 38.3. The van der Waals surface area contributed by atoms with Crippen LogP contribution < -0.4 is 17.2 Å². The summed E-state index contributed by atoms with van der Waals surface area (Å²) in [5.41, 5.74) is 7.68. The van der Waals surface area contributed by atoms with Crippen molar-refractivity contribution in [1.82, 2.24) is 9.55 Å². The molecule has 41 heavy (non-hydrogen) atoms. The summed E-state index contributed by atoms with van der Waals surface area (Å²) >= 11 is 0. The standard InChI is InChI=1S/C20H29N4O16P/c21-8-1-2-24(19(33)23-8)17-12(30)13(39-18-10(28)9(27)6(26)3-36-18)7(38-17)4-37-41(34,35)40-14-11(29)15(31)20(22,5-25)16(14)32/h1-2,6-7,9-10,12-13,15,17-18,25-28,30-32H,3-5,22H2,(H,34,35)(H2,21,23,33)/t6-,7-,9-,10-,12-,13-,15+,17-,18+,20-/m1/s1. The predicted molar refractivity (Wildman–Crippen MR) is 127 cm³/mol. The summed E-state index contributed by atoms with van der Waals surface area (Å²) in [6.07, 6.45) is -14.2. The number of hydrogen-bond acceptors (Lipinski definition) is 18. The molecule has 0 spiro atoms. The van der Waals surface area contributed by atoms with Crippen molar-refractivity contribution in [2.24, 2.45) is 5.73 Å². The predicted octanol–water partition coefficient (Wildman–Crippen LogP) is -5.56. The van der Waals surface area contributed by atoms with E-state index in [0.29, 0.717) is 0 Å². The Morgan fingerprint density at radius 2 is 1.85 bits per heavy atom. The van der Waals surface area contributed by atoms with Gasteiger partial charge in [0.15, 0.2) is 18.3 Å². The van der Waals surface area contributed by atoms with Crippen molar-refractivity contribution in [2.45, 2.75) is 60.8 Å². The van der Waals surface area contributed by atoms with E-state index in [4.69, 9.17) is 30.2 Å². The Morgan fingerprint density at radius 1 is 1.17 bits per heavy atom. The zero-order valence-electron chi connectivity index (χ0n) is 20.8. The van der Waals surface area contributed by atoms with Crippen LogP contribution in [0.15, 0.2) is 28.6 Å². The number of aliphatic hydroxyl groups excluding tert-OH is 7. The number of carbonyl (C=O) groups excluding carboxylic acids is 1. The Balaban J connectivity index is 1.55. The van der Waals surface area contributed by atoms with Crippen LogP contribution in [-0.4, -0.2) is 130 Å². The van der Waals surface area contributed by atoms with Crippen molar-refractivity contribution in [2.75, 3.05) is 25.6 Å². The number of nitrogens with two attached hydrogens (primary N) is 2. The molecular formula is C20H29N4O16P. The summed E-state index contributed by atoms with van der Waals surface area (Å²) in [7, 11) is -5.34. The zero-order valence-corrected chi connectivity index (χ0v) is 21.7. The topological polar surface area (TPSA) is 329 Å². The van der Waals surface area contributed by atoms with Crippen LogP contribution in [0.4, 0.5) is 5.82 Å². The van der Waals surface area contributed by atoms with E-state index in [2.05, 4.69) is 9.51 Å². The number of Topliss-reactive ketones (excluding diaryl/α,β-unsaturated/α-hetero) is 1. The second kappa shape index (κ2) is 11.6. The SMILES string of the molecule is Nc1ccn([C@@H]2O[C@H](COP(=O)(O)OC3=C(O)[C@@](N)(CO)[C@@H](O)C3=O)[C@@H](O[C@@H]3OC[C@@H](O)[C@@H](O)[C@H]3O)[C@H]2O)c(=O)n1. The minimum absolute atomic E-state index is 0.150. The number of aromatic nitrogens is 2. The molecule has 1 aromatic rings. The van der Waals surface area contributed by atoms with Crippen molar-refractivity contribution in [3.8, 4) is 0 Å². The molecule has 4 rings (SSSR count). The number of ketones is 1. The fourth-order valence-electron chi connectivity index (χ4n) is 4.30. The number of phosphoric ester groups is 1. The maximum atomic E-state index is 12.6. The summed E-state index contributed by atoms with van der Waals surface area (Å²) in [5, 5.41) is 70.2. The lowest BCUT2D eigenvalue weighted by molar-refractivity contribution is -0.291. The molecule has 21 heteroatoms. The average molecular weight is 612 g/mol. The number of carbonyl (C=O) groups is 1. The van der Waals surface area contributed by atoms with Crippen LogP contribution >= 0.6 is 7.82 Å². The lowest BCUT2D eigenvalue weighted by Gasteiger charge is -2.37. The Labute approximate surface area is 229 Å². The van der Waals surface area contributed by atoms with Gasteiger partial charge in [0.1, 0.15) is 54.1 Å². The summed E-state index contributed by atoms with van der Waals surface area (Å²) in [6, 6.07) is 1.20. The molecule has 1 aromatic heterocycles. The van der Waals surface area contributed by atoms with Crippen LogP contribution in [-0.2, 0) is 32.6 Å². The molecule has 1 unspecified atom stereocenters. The third kappa shape index (κ3) is 5.88. The molecule has 0 saturated carbocycles. The monoisotopic (exact) mass is 612 g/mol. The van der Waals surface area contributed by atoms with Gasteiger partial charge in [0.05, 0.1) is 19.8 Å². The van der Waals surface area contributed by atoms with Gasteiger partial charge in [-0.15, -0.1) is 0 Å². The average Bonchev–Trinajstić information content (AvgIpc) is 3.30. The first-order valence-electron chi connectivity index (χ1n) is 11.8. The smallest absolute Gasteiger partial charge is 0.506 e. The Kier molecular flexibility index (Phi) is 8.88. The van der Waals surface area contributed by atoms with Crippen LogP contribution in [0.1, 0.15) is 6.23 Å². The van der Waals surface area contributed by atoms with Gasteiger partial charge in [0.2, 0.25) is 11.5 Å². The fraction of sp³-hybridized carbons (Fsp3) is 0.650. The highest BCUT2D eigenvalue weighted by molar-refractivity contribution is 7.47. The number of aliphatic hydroxyl groups is 7. The van der Waals surface area contributed by atoms with Crippen LogP contribution in [0.5, 0.6) is 0 Å². The number of hydrogen-bond donors (Lipinski definition) is 10. The number of anilines is 1. The van der Waals surface area contributed by atoms with Crippen molar-refractivity contribution in [3.05, 3.63) is 34.3 Å². The van der Waals surface area contributed by atoms with E-state index in [1.165, 1.54) is 6.07 Å². The number of nitrogens with zero attached hydrogens (tertiary/aromatic N) is 2. The third-order valence-electron chi connectivity index (χ3n) is 6.67. The summed E-state index contributed by atoms with van der Waals surface area (Å²) < 4.78 is 39.2. The van der Waals surface area contributed by atoms with E-state index < -0.39 is 111 Å². The van der Waals surface area contributed by atoms with E-state index in [0.717, 1.165) is 10.8 Å². The Hall–Kier alpha value is -2.56. The normalized spacial score (nSPS) is 39.2. The molecule has 230 valence electrons. The lowest BCUT2D eigenvalue weighted by atomic mass is 9.97. The maximum absolute atomic E-state index is 12.6. The Morgan fingerprint density at radius 3 is 2.46 bits per heavy atom. The molecule has 3 heterocycles. The summed E-state index contributed by atoms with van der Waals surface area (Å²) in [5.74, 6) is -4.04. The van der Waals surface area contributed by atoms with Crippen LogP contribution in [0.2, 0.25) is 0 Å². The molecule has 20 nitrogen and oxygen atoms in total. The van der Waals surface area contributed by atoms with Gasteiger partial charge < -0.3 is 65.9 Å². The Bertz CT molecular complexity index is 1290. The minimum Gasteiger partial charge on any atom is -0.506 e. The van der Waals surface area contributed by atoms with Gasteiger partial charge in [-0.1, -0.05) is 0 Å². The van der Waals surface area contributed by atoms with Gasteiger partial charge in [0.25, 0.3) is 0 Å². The fourth-order valence-corrected chi connectivity index (χ4v) is 5.09. The first-order valence-corrected chi connectivity index (χ1v) is 13.3. The number of phosphoric acid groups is 1. The van der Waals surface area contributed by atoms with Crippen LogP contribution in [0.25, 0.3) is 0 Å². The molecule has 0 aromatic carbocycles. The van der Waals surface area contributed by atoms with Gasteiger partial charge in [-0.05, 0) is 6.07 Å². The van der Waals surface area contributed by atoms with E-state index in [9.17, 15) is 54.8 Å². The van der Waals surface area contributed by atoms with E-state index in [-0.39, 0.29) is 5.82 Å². The van der Waals surface area contributed by atoms with E-state index in [1.54, 1.807) is 0 Å². The van der Waals surface area contributed by atoms with Gasteiger partial charge >= 0.3 is 13.5 Å². The van der Waals surface area contributed by atoms with Gasteiger partial charge in [-0.25, -0.2) is 9.36 Å². The quantitative estimate of drug-likeness (QED) is 0.116. The van der Waals surface area contributed by atoms with Gasteiger partial charge in [-0.3, -0.25) is 18.8 Å². The molecule has 3 aliphatic rings. The first-order chi connectivity index (χ1) is 19.1. The molecule has 11 atom stereocenters. The summed E-state index contributed by atoms with van der Waals surface area (Å²) in [6.45, 7) is -2.59. The minimum atomic E-state index is -5.34. The molecule has 2 saturated heterocycles. The molecule has 1 aliphatic carbocycles. The highest BCUT2D eigenvalue weighted by Gasteiger charge is 2.55. The highest BCUT2D eigenvalue weighted by Crippen LogP contribution is 2.49. The third-order valence-corrected chi connectivity index (χ3v) is 7.56. The van der Waals surface area contributed by atoms with Crippen LogP contribution in [0, 0.1) is 0 Å². The largest absolute Gasteiger partial charge is 0.527 e. The van der Waals surface area contributed by atoms with Crippen molar-refractivity contribution >= 4 is 19.4 Å². The molecule has 0 radical (unpaired) electrons. The molecular weight excluding hydrogens is 583 g/mol. The molecule has 0 bridgehead atoms. The maximum Gasteiger partial charge on any atom is 0.527 e. The van der Waals surface area contributed by atoms with Crippen LogP contribution in [0.3, 0.4) is 0 Å². The number of nitrogen functional groups attached to an aromatic ring is 1. The van der Waals surface area contributed by atoms with E-state index >= 15 is 0 Å². The second-order valence-electron chi connectivity index (χ2n) is 9.45. The second-order valence-corrected chi connectivity index (χ2v) is 10.8. The zero-order chi connectivity index (χ0) is 30.4. The molecule has 0 amide bonds. The van der Waals surface area contributed by atoms with Crippen molar-refractivity contribution in [3.63, 3.8) is 0 Å². The van der Waals surface area contributed by atoms with Gasteiger partial charge in [-0.2, -0.15) is 4.98 Å². The van der Waals surface area contributed by atoms with E-state index in [1.807, 2.05) is 0 Å². The molecule has 2 aliphatic heterocycles. The lowest BCUT2D eigenvalue weighted by Crippen LogP contribution is -2.56. The number of ether oxygens (including phenoxy) is 3. The number of rotatable bonds is 9. The van der Waals surface area contributed by atoms with Gasteiger partial charge in [0, 0.05) is 6.20 Å². The van der Waals surface area contributed by atoms with Crippen molar-refractivity contribution < 1.29 is 73.3 Å². The van der Waals surface area contributed by atoms with Crippen molar-refractivity contribution in [1.29, 1.82) is 0 Å². The highest BCUT2D eigenvalue weighted by atomic mass is 31.2.